The number of methoxy groups -OCH3 is 1. The maximum Gasteiger partial charge on any atom is 0.222 e. The lowest BCUT2D eigenvalue weighted by Crippen LogP contribution is -2.38. The van der Waals surface area contributed by atoms with Gasteiger partial charge in [0.1, 0.15) is 5.82 Å². The van der Waals surface area contributed by atoms with Crippen molar-refractivity contribution in [3.05, 3.63) is 11.8 Å². The summed E-state index contributed by atoms with van der Waals surface area (Å²) in [5.41, 5.74) is 9.85. The third-order valence-electron chi connectivity index (χ3n) is 2.71. The monoisotopic (exact) mass is 237 g/mol. The second kappa shape index (κ2) is 5.79. The first-order valence-electron chi connectivity index (χ1n) is 5.93. The number of hydrazine groups is 1. The van der Waals surface area contributed by atoms with E-state index in [0.717, 1.165) is 31.0 Å². The highest BCUT2D eigenvalue weighted by Gasteiger charge is 2.12. The fourth-order valence-corrected chi connectivity index (χ4v) is 1.92. The van der Waals surface area contributed by atoms with Gasteiger partial charge in [0.2, 0.25) is 5.95 Å². The first-order chi connectivity index (χ1) is 8.29. The number of rotatable bonds is 3. The average Bonchev–Trinajstić information content (AvgIpc) is 2.57. The third kappa shape index (κ3) is 3.28. The lowest BCUT2D eigenvalue weighted by molar-refractivity contribution is 0.181. The van der Waals surface area contributed by atoms with Crippen molar-refractivity contribution >= 4 is 11.8 Å². The number of anilines is 2. The summed E-state index contributed by atoms with van der Waals surface area (Å²) in [4.78, 5) is 8.39. The van der Waals surface area contributed by atoms with Crippen LogP contribution in [0.1, 0.15) is 25.0 Å². The second-order valence-electron chi connectivity index (χ2n) is 4.13. The van der Waals surface area contributed by atoms with Gasteiger partial charge in [0, 0.05) is 26.3 Å². The van der Waals surface area contributed by atoms with E-state index >= 15 is 0 Å². The van der Waals surface area contributed by atoms with E-state index in [4.69, 9.17) is 10.5 Å². The van der Waals surface area contributed by atoms with Gasteiger partial charge in [0.05, 0.1) is 12.3 Å². The number of hydrogen-bond acceptors (Lipinski definition) is 6. The molecule has 0 aromatic carbocycles. The van der Waals surface area contributed by atoms with Gasteiger partial charge in [0.25, 0.3) is 0 Å². The van der Waals surface area contributed by atoms with Gasteiger partial charge in [-0.15, -0.1) is 0 Å². The van der Waals surface area contributed by atoms with Gasteiger partial charge < -0.3 is 10.5 Å². The molecule has 1 aromatic rings. The standard InChI is InChI=1S/C11H19N5O/c1-17-8-9-7-10(15-11(12)14-9)16-6-4-2-3-5-13-16/h7,13H,2-6,8H2,1H3,(H2,12,14,15). The van der Waals surface area contributed by atoms with E-state index in [1.807, 2.05) is 11.1 Å². The van der Waals surface area contributed by atoms with Crippen LogP contribution in [0.5, 0.6) is 0 Å². The van der Waals surface area contributed by atoms with Crippen LogP contribution in [0.4, 0.5) is 11.8 Å². The van der Waals surface area contributed by atoms with Crippen LogP contribution >= 0.6 is 0 Å². The van der Waals surface area contributed by atoms with Gasteiger partial charge >= 0.3 is 0 Å². The van der Waals surface area contributed by atoms with Gasteiger partial charge in [-0.2, -0.15) is 4.98 Å². The van der Waals surface area contributed by atoms with Gasteiger partial charge in [0.15, 0.2) is 0 Å². The smallest absolute Gasteiger partial charge is 0.222 e. The molecule has 1 aliphatic rings. The third-order valence-corrected chi connectivity index (χ3v) is 2.71. The molecule has 6 heteroatoms. The van der Waals surface area contributed by atoms with Crippen LogP contribution in [0.2, 0.25) is 0 Å². The number of hydrogen-bond donors (Lipinski definition) is 2. The summed E-state index contributed by atoms with van der Waals surface area (Å²) in [6.07, 6.45) is 3.60. The Morgan fingerprint density at radius 1 is 1.41 bits per heavy atom. The number of ether oxygens (including phenoxy) is 1. The molecule has 2 heterocycles. The molecule has 0 saturated carbocycles. The molecule has 17 heavy (non-hydrogen) atoms. The van der Waals surface area contributed by atoms with E-state index in [0.29, 0.717) is 12.6 Å². The van der Waals surface area contributed by atoms with Gasteiger partial charge in [-0.1, -0.05) is 6.42 Å². The topological polar surface area (TPSA) is 76.3 Å². The molecule has 1 aromatic heterocycles. The lowest BCUT2D eigenvalue weighted by atomic mass is 10.2. The summed E-state index contributed by atoms with van der Waals surface area (Å²) >= 11 is 0. The first kappa shape index (κ1) is 12.1. The summed E-state index contributed by atoms with van der Waals surface area (Å²) in [6, 6.07) is 1.91. The Hall–Kier alpha value is -1.40. The molecule has 94 valence electrons. The Bertz CT molecular complexity index is 363. The van der Waals surface area contributed by atoms with Crippen molar-refractivity contribution < 1.29 is 4.74 Å². The Kier molecular flexibility index (Phi) is 4.11. The van der Waals surface area contributed by atoms with E-state index in [-0.39, 0.29) is 0 Å². The van der Waals surface area contributed by atoms with Crippen molar-refractivity contribution in [2.75, 3.05) is 30.9 Å². The zero-order chi connectivity index (χ0) is 12.1. The summed E-state index contributed by atoms with van der Waals surface area (Å²) in [6.45, 7) is 2.37. The molecule has 1 aliphatic heterocycles. The maximum atomic E-state index is 5.70. The minimum Gasteiger partial charge on any atom is -0.378 e. The molecule has 0 radical (unpaired) electrons. The highest BCUT2D eigenvalue weighted by molar-refractivity contribution is 5.42. The van der Waals surface area contributed by atoms with Crippen molar-refractivity contribution in [3.8, 4) is 0 Å². The quantitative estimate of drug-likeness (QED) is 0.806. The molecule has 0 bridgehead atoms. The lowest BCUT2D eigenvalue weighted by Gasteiger charge is -2.22. The van der Waals surface area contributed by atoms with E-state index in [1.165, 1.54) is 12.8 Å². The van der Waals surface area contributed by atoms with E-state index < -0.39 is 0 Å². The van der Waals surface area contributed by atoms with Crippen molar-refractivity contribution in [1.82, 2.24) is 15.4 Å². The van der Waals surface area contributed by atoms with Crippen molar-refractivity contribution in [1.29, 1.82) is 0 Å². The average molecular weight is 237 g/mol. The van der Waals surface area contributed by atoms with E-state index in [1.54, 1.807) is 7.11 Å². The second-order valence-corrected chi connectivity index (χ2v) is 4.13. The van der Waals surface area contributed by atoms with E-state index in [9.17, 15) is 0 Å². The van der Waals surface area contributed by atoms with Gasteiger partial charge in [-0.3, -0.25) is 5.01 Å². The summed E-state index contributed by atoms with van der Waals surface area (Å²) in [5.74, 6) is 1.12. The van der Waals surface area contributed by atoms with Crippen molar-refractivity contribution in [3.63, 3.8) is 0 Å². The number of nitrogen functional groups attached to an aromatic ring is 1. The summed E-state index contributed by atoms with van der Waals surface area (Å²) in [5, 5.41) is 2.05. The van der Waals surface area contributed by atoms with Crippen LogP contribution in [0.25, 0.3) is 0 Å². The fourth-order valence-electron chi connectivity index (χ4n) is 1.92. The Labute approximate surface area is 101 Å². The molecule has 1 saturated heterocycles. The fraction of sp³-hybridized carbons (Fsp3) is 0.636. The highest BCUT2D eigenvalue weighted by atomic mass is 16.5. The van der Waals surface area contributed by atoms with Crippen LogP contribution < -0.4 is 16.2 Å². The molecule has 0 aliphatic carbocycles. The predicted octanol–water partition coefficient (Wildman–Crippen LogP) is 0.700. The molecule has 0 amide bonds. The summed E-state index contributed by atoms with van der Waals surface area (Å²) in [7, 11) is 1.64. The normalized spacial score (nSPS) is 16.9. The SMILES string of the molecule is COCc1cc(N2CCCCCN2)nc(N)n1. The largest absolute Gasteiger partial charge is 0.378 e. The molecule has 2 rings (SSSR count). The molecule has 1 fully saturated rings. The zero-order valence-corrected chi connectivity index (χ0v) is 10.1. The summed E-state index contributed by atoms with van der Waals surface area (Å²) < 4.78 is 5.07. The number of nitrogens with zero attached hydrogens (tertiary/aromatic N) is 3. The van der Waals surface area contributed by atoms with Crippen LogP contribution in [0.3, 0.4) is 0 Å². The molecule has 3 N–H and O–H groups in total. The molecule has 6 nitrogen and oxygen atoms in total. The first-order valence-corrected chi connectivity index (χ1v) is 5.93. The van der Waals surface area contributed by atoms with Gasteiger partial charge in [-0.05, 0) is 12.8 Å². The zero-order valence-electron chi connectivity index (χ0n) is 10.1. The molecule has 0 atom stereocenters. The van der Waals surface area contributed by atoms with Crippen LogP contribution in [-0.4, -0.2) is 30.2 Å². The Balaban J connectivity index is 2.17. The molecule has 0 spiro atoms. The Morgan fingerprint density at radius 3 is 3.12 bits per heavy atom. The highest BCUT2D eigenvalue weighted by Crippen LogP contribution is 2.15. The maximum absolute atomic E-state index is 5.70. The number of aromatic nitrogens is 2. The van der Waals surface area contributed by atoms with E-state index in [2.05, 4.69) is 15.4 Å². The van der Waals surface area contributed by atoms with Crippen LogP contribution in [0, 0.1) is 0 Å². The van der Waals surface area contributed by atoms with Crippen LogP contribution in [-0.2, 0) is 11.3 Å². The Morgan fingerprint density at radius 2 is 2.29 bits per heavy atom. The minimum absolute atomic E-state index is 0.292. The van der Waals surface area contributed by atoms with Crippen molar-refractivity contribution in [2.24, 2.45) is 0 Å². The molecule has 0 unspecified atom stereocenters. The molecular weight excluding hydrogens is 218 g/mol. The number of nitrogens with two attached hydrogens (primary N) is 1. The minimum atomic E-state index is 0.292. The predicted molar refractivity (Wildman–Crippen MR) is 66.4 cm³/mol. The molecular formula is C11H19N5O. The van der Waals surface area contributed by atoms with Crippen molar-refractivity contribution in [2.45, 2.75) is 25.9 Å². The van der Waals surface area contributed by atoms with Crippen LogP contribution in [0.15, 0.2) is 6.07 Å². The number of nitrogens with one attached hydrogen (secondary N) is 1. The van der Waals surface area contributed by atoms with Gasteiger partial charge in [-0.25, -0.2) is 10.4 Å².